The van der Waals surface area contributed by atoms with Gasteiger partial charge in [0.25, 0.3) is 0 Å². The molecule has 0 heterocycles. The van der Waals surface area contributed by atoms with E-state index in [-0.39, 0.29) is 58.3 Å². The van der Waals surface area contributed by atoms with Crippen molar-refractivity contribution in [1.29, 1.82) is 0 Å². The highest BCUT2D eigenvalue weighted by Gasteiger charge is 2.19. The molecule has 0 saturated carbocycles. The van der Waals surface area contributed by atoms with Crippen LogP contribution in [0.1, 0.15) is 33.6 Å². The van der Waals surface area contributed by atoms with Crippen molar-refractivity contribution in [2.75, 3.05) is 91.9 Å². The molecule has 0 atom stereocenters. The number of nitrogens with one attached hydrogen (secondary N) is 1. The van der Waals surface area contributed by atoms with Crippen LogP contribution in [0.3, 0.4) is 0 Å². The summed E-state index contributed by atoms with van der Waals surface area (Å²) >= 11 is 0. The zero-order chi connectivity index (χ0) is 30.3. The van der Waals surface area contributed by atoms with Crippen LogP contribution in [0.4, 0.5) is 0 Å². The highest BCUT2D eigenvalue weighted by molar-refractivity contribution is 5.81. The van der Waals surface area contributed by atoms with Gasteiger partial charge in [0.05, 0.1) is 52.5 Å². The van der Waals surface area contributed by atoms with Gasteiger partial charge in [-0.25, -0.2) is 0 Å². The number of ether oxygens (including phenoxy) is 2. The van der Waals surface area contributed by atoms with E-state index in [0.29, 0.717) is 45.8 Å². The van der Waals surface area contributed by atoms with Crippen molar-refractivity contribution in [1.82, 2.24) is 20.0 Å². The van der Waals surface area contributed by atoms with Crippen molar-refractivity contribution in [3.8, 4) is 0 Å². The van der Waals surface area contributed by atoms with Crippen molar-refractivity contribution in [2.24, 2.45) is 0 Å². The second kappa shape index (κ2) is 24.6. The molecule has 5 N–H and O–H groups in total. The number of hydrogen-bond acceptors (Lipinski definition) is 11. The van der Waals surface area contributed by atoms with E-state index in [0.717, 1.165) is 4.90 Å². The Bertz CT molecular complexity index is 795. The van der Waals surface area contributed by atoms with E-state index in [1.54, 1.807) is 6.92 Å². The zero-order valence-electron chi connectivity index (χ0n) is 22.9. The molecule has 0 aliphatic heterocycles. The van der Waals surface area contributed by atoms with E-state index < -0.39 is 50.1 Å². The van der Waals surface area contributed by atoms with Gasteiger partial charge >= 0.3 is 23.9 Å². The maximum absolute atomic E-state index is 12.4. The second-order valence-corrected chi connectivity index (χ2v) is 8.84. The lowest BCUT2D eigenvalue weighted by molar-refractivity contribution is -0.143. The maximum atomic E-state index is 12.4. The standard InChI is InChI=1S/C24H42N4O12.CH4/c1-2-20(30)25-5-11-40-13-12-39-10-3-4-19(29)14-27(16-22(33)34)8-6-26(15-21(31)32)7-9-28(17-23(35)36)18-24(37)38;/h2-18H2,1H3,(H,25,30)(H,31,32)(H,33,34)(H,35,36)(H,37,38);1H4. The molecule has 0 aromatic carbocycles. The summed E-state index contributed by atoms with van der Waals surface area (Å²) in [5.41, 5.74) is 0. The van der Waals surface area contributed by atoms with E-state index in [1.807, 2.05) is 0 Å². The number of ketones is 1. The molecule has 41 heavy (non-hydrogen) atoms. The molecule has 0 aliphatic carbocycles. The summed E-state index contributed by atoms with van der Waals surface area (Å²) in [5, 5.41) is 39.0. The molecule has 16 heteroatoms. The lowest BCUT2D eigenvalue weighted by Crippen LogP contribution is -2.45. The zero-order valence-corrected chi connectivity index (χ0v) is 22.9. The molecule has 0 radical (unpaired) electrons. The maximum Gasteiger partial charge on any atom is 0.317 e. The van der Waals surface area contributed by atoms with Gasteiger partial charge < -0.3 is 35.2 Å². The number of rotatable bonds is 27. The van der Waals surface area contributed by atoms with Gasteiger partial charge in [0.1, 0.15) is 5.78 Å². The molecular formula is C25H46N4O12. The van der Waals surface area contributed by atoms with Crippen molar-refractivity contribution in [3.63, 3.8) is 0 Å². The SMILES string of the molecule is C.CCC(=O)NCCOCCOCCCC(=O)CN(CCN(CCN(CC(=O)O)CC(=O)O)CC(=O)O)CC(=O)O. The molecule has 0 saturated heterocycles. The molecule has 0 unspecified atom stereocenters. The Kier molecular flexibility index (Phi) is 24.0. The number of carbonyl (C=O) groups is 6. The predicted molar refractivity (Wildman–Crippen MR) is 146 cm³/mol. The first-order valence-electron chi connectivity index (χ1n) is 12.9. The number of amides is 1. The molecule has 0 aliphatic rings. The number of carboxylic acids is 4. The van der Waals surface area contributed by atoms with Gasteiger partial charge in [0.15, 0.2) is 0 Å². The average molecular weight is 595 g/mol. The molecule has 0 rings (SSSR count). The van der Waals surface area contributed by atoms with E-state index in [2.05, 4.69) is 5.32 Å². The molecule has 238 valence electrons. The summed E-state index contributed by atoms with van der Waals surface area (Å²) < 4.78 is 10.7. The minimum atomic E-state index is -1.23. The topological polar surface area (TPSA) is 224 Å². The highest BCUT2D eigenvalue weighted by atomic mass is 16.5. The van der Waals surface area contributed by atoms with Crippen molar-refractivity contribution in [2.45, 2.75) is 33.6 Å². The first-order chi connectivity index (χ1) is 18.9. The quantitative estimate of drug-likeness (QED) is 0.0703. The summed E-state index contributed by atoms with van der Waals surface area (Å²) in [6, 6.07) is 0. The van der Waals surface area contributed by atoms with Gasteiger partial charge in [-0.05, 0) is 6.42 Å². The number of carboxylic acid groups (broad SMARTS) is 4. The Morgan fingerprint density at radius 2 is 1.02 bits per heavy atom. The van der Waals surface area contributed by atoms with Crippen molar-refractivity contribution in [3.05, 3.63) is 0 Å². The normalized spacial score (nSPS) is 10.9. The minimum absolute atomic E-state index is 0. The summed E-state index contributed by atoms with van der Waals surface area (Å²) in [6.45, 7) is 1.46. The summed E-state index contributed by atoms with van der Waals surface area (Å²) in [5.74, 6) is -5.06. The minimum Gasteiger partial charge on any atom is -0.480 e. The molecular weight excluding hydrogens is 548 g/mol. The van der Waals surface area contributed by atoms with Crippen LogP contribution in [0.15, 0.2) is 0 Å². The highest BCUT2D eigenvalue weighted by Crippen LogP contribution is 2.00. The van der Waals surface area contributed by atoms with Crippen LogP contribution in [0.2, 0.25) is 0 Å². The predicted octanol–water partition coefficient (Wildman–Crippen LogP) is -1.22. The Morgan fingerprint density at radius 1 is 0.610 bits per heavy atom. The Labute approximate surface area is 240 Å². The Morgan fingerprint density at radius 3 is 1.49 bits per heavy atom. The van der Waals surface area contributed by atoms with Crippen LogP contribution >= 0.6 is 0 Å². The molecule has 16 nitrogen and oxygen atoms in total. The summed E-state index contributed by atoms with van der Waals surface area (Å²) in [6.07, 6.45) is 0.975. The third-order valence-electron chi connectivity index (χ3n) is 5.31. The van der Waals surface area contributed by atoms with Crippen LogP contribution in [0.5, 0.6) is 0 Å². The summed E-state index contributed by atoms with van der Waals surface area (Å²) in [7, 11) is 0. The van der Waals surface area contributed by atoms with Crippen LogP contribution < -0.4 is 5.32 Å². The average Bonchev–Trinajstić information content (AvgIpc) is 2.84. The fraction of sp³-hybridized carbons (Fsp3) is 0.760. The molecule has 0 bridgehead atoms. The van der Waals surface area contributed by atoms with E-state index >= 15 is 0 Å². The van der Waals surface area contributed by atoms with Gasteiger partial charge in [-0.2, -0.15) is 0 Å². The first kappa shape index (κ1) is 40.0. The molecule has 0 aromatic rings. The smallest absolute Gasteiger partial charge is 0.317 e. The number of aliphatic carboxylic acids is 4. The van der Waals surface area contributed by atoms with Crippen LogP contribution in [-0.4, -0.2) is 163 Å². The number of nitrogens with zero attached hydrogens (tertiary/aromatic N) is 3. The molecule has 1 amide bonds. The van der Waals surface area contributed by atoms with E-state index in [9.17, 15) is 39.0 Å². The number of Topliss-reactive ketones (excluding diaryl/α,β-unsaturated/α-hetero) is 1. The monoisotopic (exact) mass is 594 g/mol. The van der Waals surface area contributed by atoms with Gasteiger partial charge in [-0.15, -0.1) is 0 Å². The molecule has 0 fully saturated rings. The lowest BCUT2D eigenvalue weighted by Gasteiger charge is -2.27. The third-order valence-corrected chi connectivity index (χ3v) is 5.31. The molecule has 0 aromatic heterocycles. The van der Waals surface area contributed by atoms with Crippen LogP contribution in [0.25, 0.3) is 0 Å². The third kappa shape index (κ3) is 25.5. The Hall–Kier alpha value is -3.18. The Balaban J connectivity index is 0. The van der Waals surface area contributed by atoms with Gasteiger partial charge in [-0.1, -0.05) is 14.4 Å². The van der Waals surface area contributed by atoms with Crippen LogP contribution in [0, 0.1) is 0 Å². The van der Waals surface area contributed by atoms with Crippen molar-refractivity contribution >= 4 is 35.6 Å². The summed E-state index contributed by atoms with van der Waals surface area (Å²) in [4.78, 5) is 71.9. The largest absolute Gasteiger partial charge is 0.480 e. The molecule has 0 spiro atoms. The van der Waals surface area contributed by atoms with Gasteiger partial charge in [0, 0.05) is 52.2 Å². The van der Waals surface area contributed by atoms with Crippen LogP contribution in [-0.2, 0) is 38.2 Å². The van der Waals surface area contributed by atoms with Gasteiger partial charge in [-0.3, -0.25) is 43.5 Å². The fourth-order valence-electron chi connectivity index (χ4n) is 3.44. The number of carbonyl (C=O) groups excluding carboxylic acids is 2. The lowest BCUT2D eigenvalue weighted by atomic mass is 10.2. The fourth-order valence-corrected chi connectivity index (χ4v) is 3.44. The first-order valence-corrected chi connectivity index (χ1v) is 12.9. The van der Waals surface area contributed by atoms with E-state index in [1.165, 1.54) is 9.80 Å². The van der Waals surface area contributed by atoms with Gasteiger partial charge in [0.2, 0.25) is 5.91 Å². The second-order valence-electron chi connectivity index (χ2n) is 8.84. The van der Waals surface area contributed by atoms with Crippen molar-refractivity contribution < 1.29 is 58.7 Å². The van der Waals surface area contributed by atoms with E-state index in [4.69, 9.17) is 19.7 Å². The number of hydrogen-bond donors (Lipinski definition) is 5.